The van der Waals surface area contributed by atoms with Crippen molar-refractivity contribution in [3.63, 3.8) is 0 Å². The van der Waals surface area contributed by atoms with Crippen molar-refractivity contribution >= 4 is 17.5 Å². The second-order valence-corrected chi connectivity index (χ2v) is 5.90. The zero-order valence-corrected chi connectivity index (χ0v) is 13.0. The van der Waals surface area contributed by atoms with Gasteiger partial charge in [-0.3, -0.25) is 4.79 Å². The number of nitrogens with one attached hydrogen (secondary N) is 2. The predicted molar refractivity (Wildman–Crippen MR) is 81.6 cm³/mol. The standard InChI is InChI=1S/C14H25N5O/c1-6-7-10-17-12(15)9(2)13(18-10)16-8-11(20)19-14(3,4)5/h6-8H2,1-5H3,(H,19,20)(H3,15,16,17,18). The molecule has 0 bridgehead atoms. The van der Waals surface area contributed by atoms with E-state index >= 15 is 0 Å². The minimum atomic E-state index is -0.244. The second-order valence-electron chi connectivity index (χ2n) is 5.90. The summed E-state index contributed by atoms with van der Waals surface area (Å²) in [6.45, 7) is 9.90. The fourth-order valence-electron chi connectivity index (χ4n) is 1.72. The smallest absolute Gasteiger partial charge is 0.239 e. The number of nitrogen functional groups attached to an aromatic ring is 1. The molecule has 0 atom stereocenters. The Labute approximate surface area is 120 Å². The largest absolute Gasteiger partial charge is 0.383 e. The number of carbonyl (C=O) groups excluding carboxylic acids is 1. The molecule has 0 aliphatic heterocycles. The summed E-state index contributed by atoms with van der Waals surface area (Å²) >= 11 is 0. The van der Waals surface area contributed by atoms with Crippen LogP contribution in [0, 0.1) is 6.92 Å². The number of rotatable bonds is 5. The maximum absolute atomic E-state index is 11.8. The maximum Gasteiger partial charge on any atom is 0.239 e. The van der Waals surface area contributed by atoms with Crippen LogP contribution in [-0.2, 0) is 11.2 Å². The van der Waals surface area contributed by atoms with E-state index in [4.69, 9.17) is 5.73 Å². The van der Waals surface area contributed by atoms with Crippen LogP contribution in [0.2, 0.25) is 0 Å². The number of nitrogens with zero attached hydrogens (tertiary/aromatic N) is 2. The Balaban J connectivity index is 2.74. The van der Waals surface area contributed by atoms with Gasteiger partial charge in [0.05, 0.1) is 6.54 Å². The Morgan fingerprint density at radius 2 is 1.95 bits per heavy atom. The molecule has 112 valence electrons. The summed E-state index contributed by atoms with van der Waals surface area (Å²) in [5, 5.41) is 5.92. The molecule has 1 amide bonds. The predicted octanol–water partition coefficient (Wildman–Crippen LogP) is 1.65. The topological polar surface area (TPSA) is 92.9 Å². The van der Waals surface area contributed by atoms with Crippen LogP contribution in [0.25, 0.3) is 0 Å². The summed E-state index contributed by atoms with van der Waals surface area (Å²) in [7, 11) is 0. The summed E-state index contributed by atoms with van der Waals surface area (Å²) in [6.07, 6.45) is 1.72. The van der Waals surface area contributed by atoms with E-state index in [0.29, 0.717) is 17.5 Å². The van der Waals surface area contributed by atoms with E-state index in [-0.39, 0.29) is 18.0 Å². The molecule has 0 fully saturated rings. The highest BCUT2D eigenvalue weighted by Gasteiger charge is 2.14. The lowest BCUT2D eigenvalue weighted by atomic mass is 10.1. The monoisotopic (exact) mass is 279 g/mol. The quantitative estimate of drug-likeness (QED) is 0.762. The number of nitrogens with two attached hydrogens (primary N) is 1. The number of hydrogen-bond donors (Lipinski definition) is 3. The molecular formula is C14H25N5O. The first kappa shape index (κ1) is 16.2. The van der Waals surface area contributed by atoms with Gasteiger partial charge in [-0.25, -0.2) is 9.97 Å². The minimum absolute atomic E-state index is 0.0777. The van der Waals surface area contributed by atoms with Gasteiger partial charge in [-0.15, -0.1) is 0 Å². The average Bonchev–Trinajstić information content (AvgIpc) is 2.30. The van der Waals surface area contributed by atoms with E-state index in [2.05, 4.69) is 27.5 Å². The first-order valence-corrected chi connectivity index (χ1v) is 6.90. The van der Waals surface area contributed by atoms with Crippen molar-refractivity contribution in [2.24, 2.45) is 0 Å². The molecule has 0 unspecified atom stereocenters. The number of aromatic nitrogens is 2. The summed E-state index contributed by atoms with van der Waals surface area (Å²) < 4.78 is 0. The van der Waals surface area contributed by atoms with Crippen LogP contribution in [-0.4, -0.2) is 28.0 Å². The van der Waals surface area contributed by atoms with Crippen molar-refractivity contribution in [3.05, 3.63) is 11.4 Å². The van der Waals surface area contributed by atoms with E-state index in [1.165, 1.54) is 0 Å². The van der Waals surface area contributed by atoms with Gasteiger partial charge in [0.25, 0.3) is 0 Å². The molecule has 0 saturated heterocycles. The van der Waals surface area contributed by atoms with Crippen LogP contribution >= 0.6 is 0 Å². The van der Waals surface area contributed by atoms with Gasteiger partial charge in [0.15, 0.2) is 0 Å². The molecule has 1 aromatic rings. The highest BCUT2D eigenvalue weighted by Crippen LogP contribution is 2.17. The fourth-order valence-corrected chi connectivity index (χ4v) is 1.72. The third-order valence-corrected chi connectivity index (χ3v) is 2.63. The highest BCUT2D eigenvalue weighted by atomic mass is 16.2. The fraction of sp³-hybridized carbons (Fsp3) is 0.643. The number of hydrogen-bond acceptors (Lipinski definition) is 5. The summed E-state index contributed by atoms with van der Waals surface area (Å²) in [4.78, 5) is 20.4. The lowest BCUT2D eigenvalue weighted by Gasteiger charge is -2.21. The molecule has 0 radical (unpaired) electrons. The SMILES string of the molecule is CCCc1nc(N)c(C)c(NCC(=O)NC(C)(C)C)n1. The van der Waals surface area contributed by atoms with Crippen molar-refractivity contribution in [1.82, 2.24) is 15.3 Å². The molecule has 4 N–H and O–H groups in total. The lowest BCUT2D eigenvalue weighted by molar-refractivity contribution is -0.120. The first-order chi connectivity index (χ1) is 9.23. The van der Waals surface area contributed by atoms with Crippen molar-refractivity contribution in [2.75, 3.05) is 17.6 Å². The summed E-state index contributed by atoms with van der Waals surface area (Å²) in [5.41, 5.74) is 6.40. The number of aryl methyl sites for hydroxylation is 1. The second kappa shape index (κ2) is 6.54. The Morgan fingerprint density at radius 3 is 2.50 bits per heavy atom. The van der Waals surface area contributed by atoms with Crippen molar-refractivity contribution in [2.45, 2.75) is 53.0 Å². The third-order valence-electron chi connectivity index (χ3n) is 2.63. The molecule has 0 saturated carbocycles. The van der Waals surface area contributed by atoms with E-state index in [0.717, 1.165) is 18.4 Å². The zero-order valence-electron chi connectivity index (χ0n) is 13.0. The van der Waals surface area contributed by atoms with Gasteiger partial charge in [0.2, 0.25) is 5.91 Å². The normalized spacial score (nSPS) is 11.2. The van der Waals surface area contributed by atoms with Crippen LogP contribution in [0.5, 0.6) is 0 Å². The van der Waals surface area contributed by atoms with Crippen molar-refractivity contribution < 1.29 is 4.79 Å². The van der Waals surface area contributed by atoms with E-state index in [1.54, 1.807) is 0 Å². The Morgan fingerprint density at radius 1 is 1.30 bits per heavy atom. The summed E-state index contributed by atoms with van der Waals surface area (Å²) in [5.74, 6) is 1.72. The van der Waals surface area contributed by atoms with Crippen LogP contribution in [0.1, 0.15) is 45.5 Å². The Bertz CT molecular complexity index is 479. The van der Waals surface area contributed by atoms with Crippen molar-refractivity contribution in [1.29, 1.82) is 0 Å². The van der Waals surface area contributed by atoms with Gasteiger partial charge < -0.3 is 16.4 Å². The lowest BCUT2D eigenvalue weighted by Crippen LogP contribution is -2.43. The van der Waals surface area contributed by atoms with Gasteiger partial charge in [-0.05, 0) is 34.1 Å². The average molecular weight is 279 g/mol. The minimum Gasteiger partial charge on any atom is -0.383 e. The first-order valence-electron chi connectivity index (χ1n) is 6.90. The van der Waals surface area contributed by atoms with Gasteiger partial charge in [0.1, 0.15) is 17.5 Å². The number of anilines is 2. The Kier molecular flexibility index (Phi) is 5.30. The summed E-state index contributed by atoms with van der Waals surface area (Å²) in [6, 6.07) is 0. The van der Waals surface area contributed by atoms with Gasteiger partial charge in [-0.1, -0.05) is 6.92 Å². The van der Waals surface area contributed by atoms with E-state index in [9.17, 15) is 4.79 Å². The maximum atomic E-state index is 11.8. The van der Waals surface area contributed by atoms with Gasteiger partial charge >= 0.3 is 0 Å². The van der Waals surface area contributed by atoms with Crippen LogP contribution < -0.4 is 16.4 Å². The number of amides is 1. The van der Waals surface area contributed by atoms with Crippen LogP contribution in [0.15, 0.2) is 0 Å². The van der Waals surface area contributed by atoms with E-state index in [1.807, 2.05) is 27.7 Å². The molecule has 20 heavy (non-hydrogen) atoms. The molecule has 0 spiro atoms. The van der Waals surface area contributed by atoms with Gasteiger partial charge in [0, 0.05) is 17.5 Å². The molecule has 0 aliphatic rings. The van der Waals surface area contributed by atoms with Crippen LogP contribution in [0.4, 0.5) is 11.6 Å². The molecular weight excluding hydrogens is 254 g/mol. The van der Waals surface area contributed by atoms with Crippen molar-refractivity contribution in [3.8, 4) is 0 Å². The molecule has 1 rings (SSSR count). The molecule has 1 aromatic heterocycles. The zero-order chi connectivity index (χ0) is 15.3. The van der Waals surface area contributed by atoms with Crippen LogP contribution in [0.3, 0.4) is 0 Å². The third kappa shape index (κ3) is 5.03. The molecule has 6 heteroatoms. The molecule has 6 nitrogen and oxygen atoms in total. The highest BCUT2D eigenvalue weighted by molar-refractivity contribution is 5.81. The van der Waals surface area contributed by atoms with Gasteiger partial charge in [-0.2, -0.15) is 0 Å². The molecule has 1 heterocycles. The molecule has 0 aliphatic carbocycles. The molecule has 0 aromatic carbocycles. The van der Waals surface area contributed by atoms with E-state index < -0.39 is 0 Å². The number of carbonyl (C=O) groups is 1. The Hall–Kier alpha value is -1.85.